The van der Waals surface area contributed by atoms with Gasteiger partial charge in [-0.3, -0.25) is 9.59 Å². The number of ether oxygens (including phenoxy) is 1. The van der Waals surface area contributed by atoms with Gasteiger partial charge in [0.05, 0.1) is 7.11 Å². The van der Waals surface area contributed by atoms with Gasteiger partial charge in [-0.1, -0.05) is 6.07 Å². The lowest BCUT2D eigenvalue weighted by Gasteiger charge is -2.10. The van der Waals surface area contributed by atoms with Crippen molar-refractivity contribution >= 4 is 11.9 Å². The topological polar surface area (TPSA) is 81.4 Å². The molecule has 0 radical (unpaired) electrons. The lowest BCUT2D eigenvalue weighted by molar-refractivity contribution is -0.141. The van der Waals surface area contributed by atoms with Gasteiger partial charge in [-0.25, -0.2) is 4.39 Å². The molecule has 0 aromatic heterocycles. The van der Waals surface area contributed by atoms with Gasteiger partial charge in [0, 0.05) is 12.1 Å². The first-order chi connectivity index (χ1) is 8.04. The second-order valence-electron chi connectivity index (χ2n) is 3.35. The molecule has 1 amide bonds. The van der Waals surface area contributed by atoms with E-state index in [2.05, 4.69) is 10.1 Å². The normalized spacial score (nSPS) is 11.7. The molecule has 0 aliphatic rings. The van der Waals surface area contributed by atoms with Gasteiger partial charge >= 0.3 is 5.97 Å². The van der Waals surface area contributed by atoms with Crippen molar-refractivity contribution in [2.24, 2.45) is 5.73 Å². The Bertz CT molecular complexity index is 423. The van der Waals surface area contributed by atoms with Crippen LogP contribution in [0.15, 0.2) is 24.3 Å². The van der Waals surface area contributed by atoms with E-state index in [1.54, 1.807) is 0 Å². The molecule has 0 saturated carbocycles. The highest BCUT2D eigenvalue weighted by Gasteiger charge is 2.15. The number of amides is 1. The first-order valence-corrected chi connectivity index (χ1v) is 4.91. The van der Waals surface area contributed by atoms with Crippen molar-refractivity contribution in [1.29, 1.82) is 0 Å². The van der Waals surface area contributed by atoms with Gasteiger partial charge in [0.2, 0.25) is 0 Å². The Morgan fingerprint density at radius 1 is 1.53 bits per heavy atom. The van der Waals surface area contributed by atoms with Crippen LogP contribution in [0.3, 0.4) is 0 Å². The summed E-state index contributed by atoms with van der Waals surface area (Å²) < 4.78 is 17.2. The molecule has 0 saturated heterocycles. The average molecular weight is 240 g/mol. The van der Waals surface area contributed by atoms with Crippen molar-refractivity contribution in [1.82, 2.24) is 5.32 Å². The van der Waals surface area contributed by atoms with Gasteiger partial charge in [-0.2, -0.15) is 0 Å². The minimum atomic E-state index is -0.933. The molecular weight excluding hydrogens is 227 g/mol. The molecule has 0 spiro atoms. The van der Waals surface area contributed by atoms with E-state index in [9.17, 15) is 14.0 Å². The van der Waals surface area contributed by atoms with E-state index in [4.69, 9.17) is 5.73 Å². The fourth-order valence-corrected chi connectivity index (χ4v) is 1.17. The van der Waals surface area contributed by atoms with Gasteiger partial charge in [0.15, 0.2) is 0 Å². The Balaban J connectivity index is 2.53. The fourth-order valence-electron chi connectivity index (χ4n) is 1.17. The largest absolute Gasteiger partial charge is 0.468 e. The Kier molecular flexibility index (Phi) is 4.59. The summed E-state index contributed by atoms with van der Waals surface area (Å²) in [4.78, 5) is 22.5. The lowest BCUT2D eigenvalue weighted by Crippen LogP contribution is -2.43. The summed E-state index contributed by atoms with van der Waals surface area (Å²) in [7, 11) is 1.20. The molecule has 6 heteroatoms. The van der Waals surface area contributed by atoms with Crippen LogP contribution in [0.1, 0.15) is 10.4 Å². The number of carbonyl (C=O) groups is 2. The number of halogens is 1. The van der Waals surface area contributed by atoms with E-state index in [1.165, 1.54) is 25.3 Å². The fraction of sp³-hybridized carbons (Fsp3) is 0.273. The number of esters is 1. The van der Waals surface area contributed by atoms with Gasteiger partial charge in [-0.05, 0) is 18.2 Å². The molecule has 5 nitrogen and oxygen atoms in total. The Morgan fingerprint density at radius 3 is 2.82 bits per heavy atom. The number of hydrogen-bond donors (Lipinski definition) is 2. The van der Waals surface area contributed by atoms with E-state index >= 15 is 0 Å². The van der Waals surface area contributed by atoms with Crippen LogP contribution in [-0.2, 0) is 9.53 Å². The predicted octanol–water partition coefficient (Wildman–Crippen LogP) is 0.0558. The zero-order valence-corrected chi connectivity index (χ0v) is 9.27. The maximum atomic E-state index is 12.8. The summed E-state index contributed by atoms with van der Waals surface area (Å²) in [6.07, 6.45) is 0. The molecule has 1 rings (SSSR count). The smallest absolute Gasteiger partial charge is 0.324 e. The third-order valence-corrected chi connectivity index (χ3v) is 2.07. The molecular formula is C11H13FN2O3. The van der Waals surface area contributed by atoms with E-state index in [-0.39, 0.29) is 12.1 Å². The Labute approximate surface area is 97.7 Å². The van der Waals surface area contributed by atoms with Crippen LogP contribution in [0.4, 0.5) is 4.39 Å². The number of carbonyl (C=O) groups excluding carboxylic acids is 2. The number of methoxy groups -OCH3 is 1. The number of nitrogens with two attached hydrogens (primary N) is 1. The third kappa shape index (κ3) is 3.84. The maximum absolute atomic E-state index is 12.8. The SMILES string of the molecule is COC(=O)[C@H](N)CNC(=O)c1cccc(F)c1. The van der Waals surface area contributed by atoms with E-state index in [0.717, 1.165) is 6.07 Å². The summed E-state index contributed by atoms with van der Waals surface area (Å²) in [6, 6.07) is 4.28. The molecule has 0 heterocycles. The van der Waals surface area contributed by atoms with Crippen LogP contribution in [0, 0.1) is 5.82 Å². The quantitative estimate of drug-likeness (QED) is 0.729. The molecule has 0 fully saturated rings. The van der Waals surface area contributed by atoms with Crippen LogP contribution >= 0.6 is 0 Å². The number of nitrogens with one attached hydrogen (secondary N) is 1. The highest BCUT2D eigenvalue weighted by atomic mass is 19.1. The number of benzene rings is 1. The monoisotopic (exact) mass is 240 g/mol. The van der Waals surface area contributed by atoms with Gasteiger partial charge in [-0.15, -0.1) is 0 Å². The average Bonchev–Trinajstić information content (AvgIpc) is 2.34. The summed E-state index contributed by atoms with van der Waals surface area (Å²) >= 11 is 0. The molecule has 92 valence electrons. The third-order valence-electron chi connectivity index (χ3n) is 2.07. The summed E-state index contributed by atoms with van der Waals surface area (Å²) in [5.41, 5.74) is 5.59. The van der Waals surface area contributed by atoms with Crippen molar-refractivity contribution in [3.8, 4) is 0 Å². The molecule has 0 aliphatic heterocycles. The second kappa shape index (κ2) is 5.95. The van der Waals surface area contributed by atoms with Gasteiger partial charge in [0.25, 0.3) is 5.91 Å². The van der Waals surface area contributed by atoms with Crippen molar-refractivity contribution in [3.63, 3.8) is 0 Å². The molecule has 1 atom stereocenters. The van der Waals surface area contributed by atoms with Crippen LogP contribution in [0.25, 0.3) is 0 Å². The van der Waals surface area contributed by atoms with Gasteiger partial charge in [0.1, 0.15) is 11.9 Å². The maximum Gasteiger partial charge on any atom is 0.324 e. The first-order valence-electron chi connectivity index (χ1n) is 4.91. The number of hydrogen-bond acceptors (Lipinski definition) is 4. The standard InChI is InChI=1S/C11H13FN2O3/c1-17-11(16)9(13)6-14-10(15)7-3-2-4-8(12)5-7/h2-5,9H,6,13H2,1H3,(H,14,15)/t9-/m1/s1. The van der Waals surface area contributed by atoms with Crippen molar-refractivity contribution in [2.45, 2.75) is 6.04 Å². The summed E-state index contributed by atoms with van der Waals surface area (Å²) in [5, 5.41) is 2.41. The molecule has 1 aromatic rings. The van der Waals surface area contributed by atoms with Crippen LogP contribution in [0.2, 0.25) is 0 Å². The molecule has 0 bridgehead atoms. The Hall–Kier alpha value is -1.95. The van der Waals surface area contributed by atoms with Crippen LogP contribution in [0.5, 0.6) is 0 Å². The minimum Gasteiger partial charge on any atom is -0.468 e. The number of rotatable bonds is 4. The summed E-state index contributed by atoms with van der Waals surface area (Å²) in [5.74, 6) is -1.62. The molecule has 0 unspecified atom stereocenters. The molecule has 1 aromatic carbocycles. The predicted molar refractivity (Wildman–Crippen MR) is 58.7 cm³/mol. The first kappa shape index (κ1) is 13.1. The minimum absolute atomic E-state index is 0.0674. The zero-order valence-electron chi connectivity index (χ0n) is 9.27. The highest BCUT2D eigenvalue weighted by Crippen LogP contribution is 2.02. The molecule has 17 heavy (non-hydrogen) atoms. The van der Waals surface area contributed by atoms with E-state index < -0.39 is 23.7 Å². The Morgan fingerprint density at radius 2 is 2.24 bits per heavy atom. The molecule has 0 aliphatic carbocycles. The highest BCUT2D eigenvalue weighted by molar-refractivity contribution is 5.94. The second-order valence-corrected chi connectivity index (χ2v) is 3.35. The zero-order chi connectivity index (χ0) is 12.8. The van der Waals surface area contributed by atoms with Crippen molar-refractivity contribution < 1.29 is 18.7 Å². The van der Waals surface area contributed by atoms with E-state index in [0.29, 0.717) is 0 Å². The van der Waals surface area contributed by atoms with Crippen molar-refractivity contribution in [2.75, 3.05) is 13.7 Å². The molecule has 3 N–H and O–H groups in total. The van der Waals surface area contributed by atoms with Gasteiger partial charge < -0.3 is 15.8 Å². The van der Waals surface area contributed by atoms with E-state index in [1.807, 2.05) is 0 Å². The van der Waals surface area contributed by atoms with Crippen LogP contribution in [-0.4, -0.2) is 31.6 Å². The summed E-state index contributed by atoms with van der Waals surface area (Å²) in [6.45, 7) is -0.0674. The van der Waals surface area contributed by atoms with Crippen molar-refractivity contribution in [3.05, 3.63) is 35.6 Å². The lowest BCUT2D eigenvalue weighted by atomic mass is 10.2. The van der Waals surface area contributed by atoms with Crippen LogP contribution < -0.4 is 11.1 Å².